The van der Waals surface area contributed by atoms with E-state index < -0.39 is 0 Å². The van der Waals surface area contributed by atoms with Crippen LogP contribution in [0.2, 0.25) is 5.02 Å². The molecule has 1 aromatic carbocycles. The van der Waals surface area contributed by atoms with Crippen molar-refractivity contribution in [1.29, 1.82) is 0 Å². The minimum atomic E-state index is -0.164. The molecule has 0 radical (unpaired) electrons. The van der Waals surface area contributed by atoms with Crippen LogP contribution in [0.3, 0.4) is 0 Å². The molecule has 0 spiro atoms. The Morgan fingerprint density at radius 3 is 2.94 bits per heavy atom. The highest BCUT2D eigenvalue weighted by Crippen LogP contribution is 2.15. The lowest BCUT2D eigenvalue weighted by Crippen LogP contribution is -2.23. The molecule has 0 aliphatic heterocycles. The van der Waals surface area contributed by atoms with Crippen molar-refractivity contribution in [3.05, 3.63) is 56.1 Å². The second-order valence-corrected chi connectivity index (χ2v) is 4.81. The van der Waals surface area contributed by atoms with Crippen LogP contribution in [0.5, 0.6) is 0 Å². The Morgan fingerprint density at radius 2 is 2.18 bits per heavy atom. The molecular formula is C11H6ClN3OS. The van der Waals surface area contributed by atoms with Gasteiger partial charge in [0.05, 0.1) is 4.53 Å². The Morgan fingerprint density at radius 1 is 1.35 bits per heavy atom. The second-order valence-electron chi connectivity index (χ2n) is 3.39. The van der Waals surface area contributed by atoms with Crippen molar-refractivity contribution < 1.29 is 0 Å². The van der Waals surface area contributed by atoms with E-state index in [0.29, 0.717) is 14.5 Å². The van der Waals surface area contributed by atoms with E-state index in [1.807, 2.05) is 18.2 Å². The highest BCUT2D eigenvalue weighted by atomic mass is 35.5. The molecule has 0 fully saturated rings. The van der Waals surface area contributed by atoms with Gasteiger partial charge in [-0.3, -0.25) is 4.79 Å². The Kier molecular flexibility index (Phi) is 2.42. The van der Waals surface area contributed by atoms with Gasteiger partial charge in [0.2, 0.25) is 4.96 Å². The maximum atomic E-state index is 11.9. The van der Waals surface area contributed by atoms with E-state index in [9.17, 15) is 4.79 Å². The molecule has 0 aliphatic rings. The molecule has 0 atom stereocenters. The van der Waals surface area contributed by atoms with Gasteiger partial charge in [0.1, 0.15) is 6.33 Å². The molecule has 0 saturated carbocycles. The Bertz CT molecular complexity index is 793. The lowest BCUT2D eigenvalue weighted by molar-refractivity contribution is 0.932. The van der Waals surface area contributed by atoms with E-state index >= 15 is 0 Å². The summed E-state index contributed by atoms with van der Waals surface area (Å²) in [4.78, 5) is 16.5. The lowest BCUT2D eigenvalue weighted by Gasteiger charge is -1.94. The van der Waals surface area contributed by atoms with Crippen LogP contribution in [0.25, 0.3) is 11.0 Å². The summed E-state index contributed by atoms with van der Waals surface area (Å²) in [6.07, 6.45) is 3.12. The van der Waals surface area contributed by atoms with Crippen LogP contribution < -0.4 is 10.1 Å². The number of rotatable bonds is 1. The number of hydrogen-bond acceptors (Lipinski definition) is 4. The van der Waals surface area contributed by atoms with Crippen molar-refractivity contribution in [2.45, 2.75) is 0 Å². The zero-order valence-corrected chi connectivity index (χ0v) is 10.1. The maximum Gasteiger partial charge on any atom is 0.291 e. The number of nitrogens with zero attached hydrogens (tertiary/aromatic N) is 3. The molecule has 2 aromatic heterocycles. The van der Waals surface area contributed by atoms with Gasteiger partial charge in [-0.1, -0.05) is 41.1 Å². The maximum absolute atomic E-state index is 11.9. The van der Waals surface area contributed by atoms with Gasteiger partial charge in [-0.2, -0.15) is 9.61 Å². The zero-order valence-electron chi connectivity index (χ0n) is 8.50. The third-order valence-corrected chi connectivity index (χ3v) is 3.63. The quantitative estimate of drug-likeness (QED) is 0.666. The molecule has 2 heterocycles. The number of hydrogen-bond donors (Lipinski definition) is 0. The van der Waals surface area contributed by atoms with Crippen LogP contribution in [0, 0.1) is 0 Å². The number of thiazole rings is 1. The van der Waals surface area contributed by atoms with Gasteiger partial charge >= 0.3 is 0 Å². The van der Waals surface area contributed by atoms with E-state index in [0.717, 1.165) is 5.56 Å². The molecule has 84 valence electrons. The molecule has 0 amide bonds. The summed E-state index contributed by atoms with van der Waals surface area (Å²) in [6.45, 7) is 0. The second kappa shape index (κ2) is 3.94. The molecule has 4 nitrogen and oxygen atoms in total. The fourth-order valence-corrected chi connectivity index (χ4v) is 2.57. The standard InChI is InChI=1S/C11H6ClN3OS/c12-8-4-2-1-3-7(8)5-9-10(16)15-11(17-9)13-6-14-15/h1-6H/b9-5-. The first-order valence-electron chi connectivity index (χ1n) is 4.84. The van der Waals surface area contributed by atoms with Crippen LogP contribution >= 0.6 is 22.9 Å². The Balaban J connectivity index is 2.28. The van der Waals surface area contributed by atoms with Gasteiger partial charge in [0, 0.05) is 5.02 Å². The molecular weight excluding hydrogens is 258 g/mol. The molecule has 3 rings (SSSR count). The van der Waals surface area contributed by atoms with Crippen molar-refractivity contribution in [1.82, 2.24) is 14.6 Å². The van der Waals surface area contributed by atoms with E-state index in [-0.39, 0.29) is 5.56 Å². The minimum Gasteiger partial charge on any atom is -0.266 e. The number of benzene rings is 1. The van der Waals surface area contributed by atoms with Crippen LogP contribution in [-0.4, -0.2) is 14.6 Å². The molecule has 17 heavy (non-hydrogen) atoms. The summed E-state index contributed by atoms with van der Waals surface area (Å²) in [5.41, 5.74) is 0.651. The van der Waals surface area contributed by atoms with Crippen LogP contribution in [0.15, 0.2) is 35.4 Å². The first-order valence-corrected chi connectivity index (χ1v) is 6.04. The van der Waals surface area contributed by atoms with Crippen molar-refractivity contribution in [2.24, 2.45) is 0 Å². The largest absolute Gasteiger partial charge is 0.291 e. The van der Waals surface area contributed by atoms with Crippen molar-refractivity contribution >= 4 is 34.0 Å². The summed E-state index contributed by atoms with van der Waals surface area (Å²) >= 11 is 7.33. The average molecular weight is 264 g/mol. The van der Waals surface area contributed by atoms with Gasteiger partial charge in [0.25, 0.3) is 5.56 Å². The zero-order chi connectivity index (χ0) is 11.8. The smallest absolute Gasteiger partial charge is 0.266 e. The number of fused-ring (bicyclic) bond motifs is 1. The van der Waals surface area contributed by atoms with Gasteiger partial charge < -0.3 is 0 Å². The molecule has 0 aliphatic carbocycles. The molecule has 0 bridgehead atoms. The fraction of sp³-hybridized carbons (Fsp3) is 0. The summed E-state index contributed by atoms with van der Waals surface area (Å²) in [6, 6.07) is 7.37. The predicted molar refractivity (Wildman–Crippen MR) is 67.4 cm³/mol. The highest BCUT2D eigenvalue weighted by Gasteiger charge is 2.05. The fourth-order valence-electron chi connectivity index (χ4n) is 1.51. The van der Waals surface area contributed by atoms with Crippen molar-refractivity contribution in [3.63, 3.8) is 0 Å². The number of aromatic nitrogens is 3. The topological polar surface area (TPSA) is 47.3 Å². The third-order valence-electron chi connectivity index (χ3n) is 2.31. The van der Waals surface area contributed by atoms with Crippen LogP contribution in [0.1, 0.15) is 5.56 Å². The van der Waals surface area contributed by atoms with Gasteiger partial charge in [-0.15, -0.1) is 0 Å². The van der Waals surface area contributed by atoms with Crippen molar-refractivity contribution in [2.75, 3.05) is 0 Å². The van der Waals surface area contributed by atoms with Gasteiger partial charge in [-0.05, 0) is 17.7 Å². The van der Waals surface area contributed by atoms with E-state index in [1.165, 1.54) is 22.2 Å². The molecule has 0 unspecified atom stereocenters. The first-order chi connectivity index (χ1) is 8.25. The monoisotopic (exact) mass is 263 g/mol. The Hall–Kier alpha value is -1.72. The normalized spacial score (nSPS) is 12.4. The van der Waals surface area contributed by atoms with Gasteiger partial charge in [0.15, 0.2) is 0 Å². The van der Waals surface area contributed by atoms with E-state index in [4.69, 9.17) is 11.6 Å². The van der Waals surface area contributed by atoms with Crippen molar-refractivity contribution in [3.8, 4) is 0 Å². The lowest BCUT2D eigenvalue weighted by atomic mass is 10.2. The van der Waals surface area contributed by atoms with Crippen LogP contribution in [0.4, 0.5) is 0 Å². The predicted octanol–water partition coefficient (Wildman–Crippen LogP) is 1.35. The molecule has 0 saturated heterocycles. The van der Waals surface area contributed by atoms with Gasteiger partial charge in [-0.25, -0.2) is 4.98 Å². The molecule has 6 heteroatoms. The van der Waals surface area contributed by atoms with Crippen LogP contribution in [-0.2, 0) is 0 Å². The summed E-state index contributed by atoms with van der Waals surface area (Å²) in [5.74, 6) is 0. The highest BCUT2D eigenvalue weighted by molar-refractivity contribution is 7.15. The molecule has 3 aromatic rings. The average Bonchev–Trinajstić information content (AvgIpc) is 2.87. The van der Waals surface area contributed by atoms with E-state index in [2.05, 4.69) is 10.1 Å². The summed E-state index contributed by atoms with van der Waals surface area (Å²) in [5, 5.41) is 4.47. The van der Waals surface area contributed by atoms with E-state index in [1.54, 1.807) is 12.1 Å². The number of halogens is 1. The summed E-state index contributed by atoms with van der Waals surface area (Å²) in [7, 11) is 0. The third kappa shape index (κ3) is 1.73. The molecule has 0 N–H and O–H groups in total. The first kappa shape index (κ1) is 10.4. The minimum absolute atomic E-state index is 0.164. The SMILES string of the molecule is O=c1/c(=C/c2ccccc2Cl)sc2ncnn12. The summed E-state index contributed by atoms with van der Waals surface area (Å²) < 4.78 is 1.86. The Labute approximate surface area is 105 Å².